The number of nitrogens with one attached hydrogen (secondary N) is 4. The molecule has 3 heterocycles. The third-order valence-corrected chi connectivity index (χ3v) is 11.8. The minimum Gasteiger partial charge on any atom is -0.453 e. The number of hydrogen-bond donors (Lipinski definition) is 4. The molecule has 2 aliphatic rings. The summed E-state index contributed by atoms with van der Waals surface area (Å²) < 4.78 is 4.67. The highest BCUT2D eigenvalue weighted by Crippen LogP contribution is 2.50. The van der Waals surface area contributed by atoms with Gasteiger partial charge in [0, 0.05) is 23.4 Å². The van der Waals surface area contributed by atoms with E-state index in [0.717, 1.165) is 91.8 Å². The lowest BCUT2D eigenvalue weighted by atomic mass is 9.97. The molecule has 2 aromatic heterocycles. The van der Waals surface area contributed by atoms with E-state index in [4.69, 9.17) is 9.97 Å². The molecule has 5 aromatic carbocycles. The fourth-order valence-corrected chi connectivity index (χ4v) is 9.18. The van der Waals surface area contributed by atoms with Gasteiger partial charge in [-0.25, -0.2) is 14.8 Å². The van der Waals surface area contributed by atoms with Crippen LogP contribution in [0.4, 0.5) is 4.79 Å². The van der Waals surface area contributed by atoms with Crippen molar-refractivity contribution in [2.45, 2.75) is 57.3 Å². The molecule has 13 nitrogen and oxygen atoms in total. The fraction of sp³-hybridized carbons (Fsp3) is 0.289. The highest BCUT2D eigenvalue weighted by Gasteiger charge is 2.49. The lowest BCUT2D eigenvalue weighted by Gasteiger charge is -2.34. The maximum atomic E-state index is 13.8. The Morgan fingerprint density at radius 1 is 0.897 bits per heavy atom. The van der Waals surface area contributed by atoms with Gasteiger partial charge in [-0.3, -0.25) is 14.4 Å². The van der Waals surface area contributed by atoms with Crippen molar-refractivity contribution in [3.05, 3.63) is 108 Å². The van der Waals surface area contributed by atoms with Crippen molar-refractivity contribution in [3.8, 4) is 11.1 Å². The van der Waals surface area contributed by atoms with Crippen molar-refractivity contribution in [1.82, 2.24) is 40.4 Å². The summed E-state index contributed by atoms with van der Waals surface area (Å²) >= 11 is 0. The maximum absolute atomic E-state index is 13.8. The predicted molar refractivity (Wildman–Crippen MR) is 221 cm³/mol. The van der Waals surface area contributed by atoms with Crippen LogP contribution in [0.1, 0.15) is 61.9 Å². The van der Waals surface area contributed by atoms with E-state index >= 15 is 0 Å². The number of aromatic amines is 2. The van der Waals surface area contributed by atoms with Gasteiger partial charge in [-0.1, -0.05) is 73.7 Å². The van der Waals surface area contributed by atoms with E-state index in [2.05, 4.69) is 79.9 Å². The molecule has 294 valence electrons. The molecule has 58 heavy (non-hydrogen) atoms. The van der Waals surface area contributed by atoms with E-state index in [1.807, 2.05) is 48.2 Å². The van der Waals surface area contributed by atoms with E-state index < -0.39 is 12.1 Å². The number of rotatable bonds is 12. The Balaban J connectivity index is 0.972. The first-order valence-corrected chi connectivity index (χ1v) is 19.8. The monoisotopic (exact) mass is 776 g/mol. The Morgan fingerprint density at radius 3 is 2.26 bits per heavy atom. The van der Waals surface area contributed by atoms with Gasteiger partial charge < -0.3 is 35.1 Å². The number of carbonyl (C=O) groups excluding carboxylic acids is 4. The van der Waals surface area contributed by atoms with Crippen LogP contribution in [-0.4, -0.2) is 80.3 Å². The normalized spacial score (nSPS) is 17.9. The molecule has 4 N–H and O–H groups in total. The molecule has 0 spiro atoms. The zero-order valence-corrected chi connectivity index (χ0v) is 32.3. The van der Waals surface area contributed by atoms with Gasteiger partial charge in [0.1, 0.15) is 24.2 Å². The van der Waals surface area contributed by atoms with Gasteiger partial charge in [0.25, 0.3) is 0 Å². The summed E-state index contributed by atoms with van der Waals surface area (Å²) in [5.74, 6) is 1.45. The van der Waals surface area contributed by atoms with Gasteiger partial charge in [0.15, 0.2) is 0 Å². The molecule has 1 aliphatic carbocycles. The summed E-state index contributed by atoms with van der Waals surface area (Å²) in [5, 5.41) is 9.38. The van der Waals surface area contributed by atoms with Crippen molar-refractivity contribution in [2.24, 2.45) is 5.92 Å². The Kier molecular flexibility index (Phi) is 9.72. The molecule has 13 heteroatoms. The number of fused-ring (bicyclic) bond motifs is 8. The molecular formula is C45H44N8O5. The molecule has 2 bridgehead atoms. The summed E-state index contributed by atoms with van der Waals surface area (Å²) in [4.78, 5) is 71.0. The molecule has 2 fully saturated rings. The first-order valence-electron chi connectivity index (χ1n) is 19.8. The first-order chi connectivity index (χ1) is 28.3. The van der Waals surface area contributed by atoms with Gasteiger partial charge in [-0.15, -0.1) is 0 Å². The maximum Gasteiger partial charge on any atom is 0.407 e. The molecule has 7 aromatic rings. The number of hydrogen-bond acceptors (Lipinski definition) is 7. The fourth-order valence-electron chi connectivity index (χ4n) is 9.18. The molecule has 0 radical (unpaired) electrons. The molecule has 1 saturated carbocycles. The first kappa shape index (κ1) is 36.9. The second-order valence-electron chi connectivity index (χ2n) is 15.3. The minimum atomic E-state index is -0.786. The lowest BCUT2D eigenvalue weighted by molar-refractivity contribution is -0.136. The van der Waals surface area contributed by atoms with E-state index in [9.17, 15) is 19.2 Å². The molecular weight excluding hydrogens is 733 g/mol. The number of piperidine rings is 1. The van der Waals surface area contributed by atoms with Crippen LogP contribution in [0.25, 0.3) is 54.7 Å². The van der Waals surface area contributed by atoms with Gasteiger partial charge in [0.05, 0.1) is 41.8 Å². The highest BCUT2D eigenvalue weighted by atomic mass is 16.5. The van der Waals surface area contributed by atoms with Crippen LogP contribution in [0.5, 0.6) is 0 Å². The second-order valence-corrected chi connectivity index (χ2v) is 15.3. The SMILES string of the molecule is CCCN(Cc1nc2c(ccc3cc(-c4ccc5c(ccc6[nH]c([C@@H]7[C@H]8CC[C@H](C8)N7C(=O)CNC(=O)OC)nc65)c4)ccc32)[nH]1)C(=O)[C@H](NC=O)c1ccccc1. The average molecular weight is 777 g/mol. The summed E-state index contributed by atoms with van der Waals surface area (Å²) in [6.45, 7) is 2.70. The number of ether oxygens (including phenoxy) is 1. The molecule has 1 aliphatic heterocycles. The van der Waals surface area contributed by atoms with Crippen molar-refractivity contribution < 1.29 is 23.9 Å². The molecule has 1 saturated heterocycles. The smallest absolute Gasteiger partial charge is 0.407 e. The Labute approximate surface area is 334 Å². The second kappa shape index (κ2) is 15.3. The Morgan fingerprint density at radius 2 is 1.59 bits per heavy atom. The number of aromatic nitrogens is 4. The summed E-state index contributed by atoms with van der Waals surface area (Å²) in [6, 6.07) is 29.5. The van der Waals surface area contributed by atoms with Crippen LogP contribution in [0.2, 0.25) is 0 Å². The van der Waals surface area contributed by atoms with Crippen LogP contribution in [0.3, 0.4) is 0 Å². The number of likely N-dealkylation sites (tertiary alicyclic amines) is 1. The number of imidazole rings is 2. The number of methoxy groups -OCH3 is 1. The number of amides is 4. The van der Waals surface area contributed by atoms with E-state index in [0.29, 0.717) is 24.7 Å². The van der Waals surface area contributed by atoms with Gasteiger partial charge in [0.2, 0.25) is 18.2 Å². The van der Waals surface area contributed by atoms with Crippen LogP contribution in [0, 0.1) is 5.92 Å². The third kappa shape index (κ3) is 6.65. The number of alkyl carbamates (subject to hydrolysis) is 1. The van der Waals surface area contributed by atoms with Crippen LogP contribution in [-0.2, 0) is 25.7 Å². The van der Waals surface area contributed by atoms with Crippen molar-refractivity contribution in [2.75, 3.05) is 20.2 Å². The van der Waals surface area contributed by atoms with Crippen LogP contribution in [0.15, 0.2) is 91.0 Å². The van der Waals surface area contributed by atoms with Gasteiger partial charge in [-0.2, -0.15) is 0 Å². The molecule has 4 atom stereocenters. The lowest BCUT2D eigenvalue weighted by Crippen LogP contribution is -2.45. The topological polar surface area (TPSA) is 165 Å². The highest BCUT2D eigenvalue weighted by molar-refractivity contribution is 6.07. The Hall–Kier alpha value is -6.76. The summed E-state index contributed by atoms with van der Waals surface area (Å²) in [7, 11) is 1.28. The molecule has 4 amide bonds. The molecule has 9 rings (SSSR count). The van der Waals surface area contributed by atoms with Crippen LogP contribution >= 0.6 is 0 Å². The Bertz CT molecular complexity index is 2710. The number of nitrogens with zero attached hydrogens (tertiary/aromatic N) is 4. The average Bonchev–Trinajstić information content (AvgIpc) is 4.07. The predicted octanol–water partition coefficient (Wildman–Crippen LogP) is 7.05. The number of benzene rings is 5. The molecule has 0 unspecified atom stereocenters. The van der Waals surface area contributed by atoms with E-state index in [-0.39, 0.29) is 37.0 Å². The standard InChI is InChI=1S/C45H44N8O5/c1-3-19-52(44(56)39(47-25-54)26-7-5-4-6-8-26)24-37-48-35-17-12-29-20-27(10-15-33(29)40(35)50-37)28-11-16-34-30(21-28)13-18-36-41(34)51-43(49-36)42-31-9-14-32(22-31)53(42)38(55)23-46-45(57)58-2/h4-8,10-13,15-18,20-21,25,31-32,39,42H,3,9,14,19,22-24H2,1-2H3,(H,46,57)(H,47,54)(H,48,50)(H,49,51)/t31-,32+,39+,42-/m0/s1. The largest absolute Gasteiger partial charge is 0.453 e. The van der Waals surface area contributed by atoms with E-state index in [1.54, 1.807) is 4.90 Å². The van der Waals surface area contributed by atoms with E-state index in [1.165, 1.54) is 7.11 Å². The van der Waals surface area contributed by atoms with Crippen LogP contribution < -0.4 is 10.6 Å². The zero-order valence-electron chi connectivity index (χ0n) is 32.3. The third-order valence-electron chi connectivity index (χ3n) is 11.8. The summed E-state index contributed by atoms with van der Waals surface area (Å²) in [5.41, 5.74) is 6.36. The number of H-pyrrole nitrogens is 2. The van der Waals surface area contributed by atoms with Crippen molar-refractivity contribution >= 4 is 67.9 Å². The zero-order chi connectivity index (χ0) is 39.9. The quantitative estimate of drug-likeness (QED) is 0.0966. The van der Waals surface area contributed by atoms with Crippen molar-refractivity contribution in [1.29, 1.82) is 0 Å². The summed E-state index contributed by atoms with van der Waals surface area (Å²) in [6.07, 6.45) is 3.63. The van der Waals surface area contributed by atoms with Gasteiger partial charge in [-0.05, 0) is 83.3 Å². The number of carbonyl (C=O) groups is 4. The van der Waals surface area contributed by atoms with Crippen molar-refractivity contribution in [3.63, 3.8) is 0 Å². The van der Waals surface area contributed by atoms with Gasteiger partial charge >= 0.3 is 6.09 Å². The minimum absolute atomic E-state index is 0.112.